The van der Waals surface area contributed by atoms with E-state index in [1.807, 2.05) is 0 Å². The van der Waals surface area contributed by atoms with Gasteiger partial charge in [0, 0.05) is 28.0 Å². The first-order valence-corrected chi connectivity index (χ1v) is 9.11. The van der Waals surface area contributed by atoms with Crippen LogP contribution in [0.25, 0.3) is 0 Å². The fourth-order valence-corrected chi connectivity index (χ4v) is 3.40. The third kappa shape index (κ3) is 4.70. The van der Waals surface area contributed by atoms with Crippen LogP contribution >= 0.6 is 0 Å². The molecular formula is C17H12F7NO2S. The van der Waals surface area contributed by atoms with Crippen LogP contribution in [0.15, 0.2) is 18.2 Å². The molecule has 0 heterocycles. The fraction of sp³-hybridized carbons (Fsp3) is 0.235. The Morgan fingerprint density at radius 1 is 0.964 bits per heavy atom. The molecule has 0 aromatic heterocycles. The van der Waals surface area contributed by atoms with Gasteiger partial charge in [-0.1, -0.05) is 6.07 Å². The van der Waals surface area contributed by atoms with Crippen LogP contribution in [0, 0.1) is 40.7 Å². The molecule has 0 radical (unpaired) electrons. The molecule has 0 spiro atoms. The predicted octanol–water partition coefficient (Wildman–Crippen LogP) is 3.79. The highest BCUT2D eigenvalue weighted by Gasteiger charge is 2.27. The van der Waals surface area contributed by atoms with Crippen molar-refractivity contribution in [1.82, 2.24) is 5.32 Å². The number of carbonyl (C=O) groups excluding carboxylic acids is 1. The van der Waals surface area contributed by atoms with Gasteiger partial charge in [-0.3, -0.25) is 9.00 Å². The molecule has 0 fully saturated rings. The maximum atomic E-state index is 13.7. The minimum atomic E-state index is -2.35. The Morgan fingerprint density at radius 2 is 1.50 bits per heavy atom. The van der Waals surface area contributed by atoms with Gasteiger partial charge in [0.2, 0.25) is 11.7 Å². The van der Waals surface area contributed by atoms with Gasteiger partial charge in [0.05, 0.1) is 11.8 Å². The van der Waals surface area contributed by atoms with E-state index in [-0.39, 0.29) is 5.56 Å². The molecule has 28 heavy (non-hydrogen) atoms. The zero-order chi connectivity index (χ0) is 21.2. The lowest BCUT2D eigenvalue weighted by Crippen LogP contribution is -2.31. The van der Waals surface area contributed by atoms with Gasteiger partial charge >= 0.3 is 0 Å². The van der Waals surface area contributed by atoms with E-state index < -0.39 is 80.5 Å². The molecule has 1 amide bonds. The van der Waals surface area contributed by atoms with Gasteiger partial charge < -0.3 is 5.32 Å². The van der Waals surface area contributed by atoms with Crippen molar-refractivity contribution in [3.63, 3.8) is 0 Å². The minimum Gasteiger partial charge on any atom is -0.349 e. The SMILES string of the molecule is C[C@H](NC(=O)C[S@](=O)Cc1c(F)c(F)c(F)c(F)c1F)c1ccc(F)cc1F. The van der Waals surface area contributed by atoms with E-state index in [0.717, 1.165) is 12.1 Å². The summed E-state index contributed by atoms with van der Waals surface area (Å²) in [5, 5.41) is 2.24. The Kier molecular flexibility index (Phi) is 6.81. The van der Waals surface area contributed by atoms with Crippen molar-refractivity contribution < 1.29 is 39.7 Å². The number of hydrogen-bond donors (Lipinski definition) is 1. The van der Waals surface area contributed by atoms with Gasteiger partial charge in [-0.05, 0) is 13.0 Å². The Labute approximate surface area is 157 Å². The molecule has 11 heteroatoms. The van der Waals surface area contributed by atoms with E-state index in [1.54, 1.807) is 0 Å². The summed E-state index contributed by atoms with van der Waals surface area (Å²) in [5.41, 5.74) is -1.37. The molecule has 0 saturated carbocycles. The number of amides is 1. The molecule has 0 bridgehead atoms. The van der Waals surface area contributed by atoms with E-state index in [4.69, 9.17) is 0 Å². The Bertz CT molecular complexity index is 923. The molecule has 1 N–H and O–H groups in total. The second kappa shape index (κ2) is 8.72. The summed E-state index contributed by atoms with van der Waals surface area (Å²) in [6.07, 6.45) is 0. The molecule has 0 aliphatic carbocycles. The minimum absolute atomic E-state index is 0.0692. The molecule has 152 valence electrons. The Morgan fingerprint density at radius 3 is 2.04 bits per heavy atom. The summed E-state index contributed by atoms with van der Waals surface area (Å²) in [7, 11) is -2.33. The van der Waals surface area contributed by atoms with Crippen molar-refractivity contribution in [2.45, 2.75) is 18.7 Å². The quantitative estimate of drug-likeness (QED) is 0.433. The molecule has 0 unspecified atom stereocenters. The zero-order valence-corrected chi connectivity index (χ0v) is 14.9. The van der Waals surface area contributed by atoms with Gasteiger partial charge in [0.15, 0.2) is 23.3 Å². The summed E-state index contributed by atoms with van der Waals surface area (Å²) in [4.78, 5) is 11.9. The third-order valence-corrected chi connectivity index (χ3v) is 4.90. The zero-order valence-electron chi connectivity index (χ0n) is 14.1. The summed E-state index contributed by atoms with van der Waals surface area (Å²) in [6, 6.07) is 1.68. The van der Waals surface area contributed by atoms with Gasteiger partial charge in [0.25, 0.3) is 0 Å². The molecule has 3 nitrogen and oxygen atoms in total. The summed E-state index contributed by atoms with van der Waals surface area (Å²) in [5.74, 6) is -15.6. The Hall–Kier alpha value is -2.43. The van der Waals surface area contributed by atoms with Crippen LogP contribution in [0.3, 0.4) is 0 Å². The molecule has 2 aromatic rings. The van der Waals surface area contributed by atoms with Crippen LogP contribution in [-0.2, 0) is 21.3 Å². The van der Waals surface area contributed by atoms with Crippen LogP contribution in [0.2, 0.25) is 0 Å². The van der Waals surface area contributed by atoms with Gasteiger partial charge in [0.1, 0.15) is 17.4 Å². The Balaban J connectivity index is 2.07. The third-order valence-electron chi connectivity index (χ3n) is 3.70. The van der Waals surface area contributed by atoms with Crippen LogP contribution in [0.1, 0.15) is 24.1 Å². The standard InChI is InChI=1S/C17H12F7NO2S/c1-7(9-3-2-8(18)4-11(9)19)25-12(26)6-28(27)5-10-13(20)15(22)17(24)16(23)14(10)21/h2-4,7H,5-6H2,1H3,(H,25,26)/t7-,28+/m0/s1. The van der Waals surface area contributed by atoms with E-state index >= 15 is 0 Å². The first-order valence-electron chi connectivity index (χ1n) is 7.62. The van der Waals surface area contributed by atoms with Crippen molar-refractivity contribution in [2.24, 2.45) is 0 Å². The van der Waals surface area contributed by atoms with E-state index in [1.165, 1.54) is 6.92 Å². The highest BCUT2D eigenvalue weighted by atomic mass is 32.2. The number of rotatable bonds is 6. The molecular weight excluding hydrogens is 415 g/mol. The van der Waals surface area contributed by atoms with Crippen molar-refractivity contribution in [3.8, 4) is 0 Å². The molecule has 0 aliphatic rings. The fourth-order valence-electron chi connectivity index (χ4n) is 2.35. The lowest BCUT2D eigenvalue weighted by atomic mass is 10.1. The lowest BCUT2D eigenvalue weighted by molar-refractivity contribution is -0.119. The molecule has 2 atom stereocenters. The maximum Gasteiger partial charge on any atom is 0.233 e. The first-order chi connectivity index (χ1) is 13.0. The van der Waals surface area contributed by atoms with Gasteiger partial charge in [-0.15, -0.1) is 0 Å². The summed E-state index contributed by atoms with van der Waals surface area (Å²) < 4.78 is 105. The van der Waals surface area contributed by atoms with Crippen molar-refractivity contribution in [2.75, 3.05) is 5.75 Å². The number of benzene rings is 2. The normalized spacial score (nSPS) is 13.3. The number of carbonyl (C=O) groups is 1. The smallest absolute Gasteiger partial charge is 0.233 e. The number of nitrogens with one attached hydrogen (secondary N) is 1. The summed E-state index contributed by atoms with van der Waals surface area (Å²) >= 11 is 0. The average Bonchev–Trinajstić information content (AvgIpc) is 2.61. The van der Waals surface area contributed by atoms with Crippen molar-refractivity contribution >= 4 is 16.7 Å². The second-order valence-corrected chi connectivity index (χ2v) is 7.19. The number of halogens is 7. The van der Waals surface area contributed by atoms with Crippen molar-refractivity contribution in [3.05, 3.63) is 70.0 Å². The lowest BCUT2D eigenvalue weighted by Gasteiger charge is -2.15. The van der Waals surface area contributed by atoms with E-state index in [9.17, 15) is 39.7 Å². The molecule has 2 rings (SSSR count). The first kappa shape index (κ1) is 21.9. The van der Waals surface area contributed by atoms with Crippen LogP contribution in [0.4, 0.5) is 30.7 Å². The monoisotopic (exact) mass is 427 g/mol. The van der Waals surface area contributed by atoms with Crippen molar-refractivity contribution in [1.29, 1.82) is 0 Å². The summed E-state index contributed by atoms with van der Waals surface area (Å²) in [6.45, 7) is 1.35. The maximum absolute atomic E-state index is 13.7. The number of hydrogen-bond acceptors (Lipinski definition) is 2. The van der Waals surface area contributed by atoms with Crippen LogP contribution in [0.5, 0.6) is 0 Å². The van der Waals surface area contributed by atoms with E-state index in [0.29, 0.717) is 6.07 Å². The highest BCUT2D eigenvalue weighted by Crippen LogP contribution is 2.24. The van der Waals surface area contributed by atoms with Gasteiger partial charge in [-0.25, -0.2) is 30.7 Å². The van der Waals surface area contributed by atoms with E-state index in [2.05, 4.69) is 5.32 Å². The highest BCUT2D eigenvalue weighted by molar-refractivity contribution is 7.84. The molecule has 0 saturated heterocycles. The topological polar surface area (TPSA) is 46.2 Å². The molecule has 2 aromatic carbocycles. The van der Waals surface area contributed by atoms with Gasteiger partial charge in [-0.2, -0.15) is 0 Å². The van der Waals surface area contributed by atoms with Crippen LogP contribution < -0.4 is 5.32 Å². The second-order valence-electron chi connectivity index (χ2n) is 5.73. The molecule has 0 aliphatic heterocycles. The average molecular weight is 427 g/mol. The predicted molar refractivity (Wildman–Crippen MR) is 85.9 cm³/mol. The van der Waals surface area contributed by atoms with Crippen LogP contribution in [-0.4, -0.2) is 15.9 Å². The largest absolute Gasteiger partial charge is 0.349 e.